The van der Waals surface area contributed by atoms with Crippen LogP contribution in [0.1, 0.15) is 41.5 Å². The highest BCUT2D eigenvalue weighted by Gasteiger charge is 2.19. The second kappa shape index (κ2) is 5.07. The fraction of sp³-hybridized carbons (Fsp3) is 0.538. The van der Waals surface area contributed by atoms with Crippen LogP contribution >= 0.6 is 11.6 Å². The van der Waals surface area contributed by atoms with E-state index in [2.05, 4.69) is 6.92 Å². The van der Waals surface area contributed by atoms with Crippen LogP contribution in [0.3, 0.4) is 0 Å². The van der Waals surface area contributed by atoms with Crippen LogP contribution in [0.15, 0.2) is 0 Å². The lowest BCUT2D eigenvalue weighted by molar-refractivity contribution is 0.455. The van der Waals surface area contributed by atoms with Crippen molar-refractivity contribution in [3.8, 4) is 5.75 Å². The fourth-order valence-electron chi connectivity index (χ4n) is 2.12. The summed E-state index contributed by atoms with van der Waals surface area (Å²) in [4.78, 5) is 0. The van der Waals surface area contributed by atoms with Crippen molar-refractivity contribution < 1.29 is 5.11 Å². The Morgan fingerprint density at radius 2 is 1.75 bits per heavy atom. The largest absolute Gasteiger partial charge is 0.507 e. The van der Waals surface area contributed by atoms with E-state index in [-0.39, 0.29) is 5.92 Å². The van der Waals surface area contributed by atoms with E-state index in [1.54, 1.807) is 0 Å². The van der Waals surface area contributed by atoms with Gasteiger partial charge in [0, 0.05) is 10.6 Å². The Morgan fingerprint density at radius 1 is 1.19 bits per heavy atom. The zero-order valence-electron chi connectivity index (χ0n) is 10.4. The summed E-state index contributed by atoms with van der Waals surface area (Å²) in [6, 6.07) is 0. The van der Waals surface area contributed by atoms with Crippen LogP contribution in [0.2, 0.25) is 5.02 Å². The van der Waals surface area contributed by atoms with Crippen LogP contribution in [0.25, 0.3) is 0 Å². The highest BCUT2D eigenvalue weighted by molar-refractivity contribution is 6.32. The Kier molecular flexibility index (Phi) is 4.22. The molecule has 0 saturated carbocycles. The van der Waals surface area contributed by atoms with Crippen molar-refractivity contribution >= 4 is 11.6 Å². The quantitative estimate of drug-likeness (QED) is 0.852. The third-order valence-electron chi connectivity index (χ3n) is 3.33. The lowest BCUT2D eigenvalue weighted by Gasteiger charge is -2.20. The third-order valence-corrected chi connectivity index (χ3v) is 3.89. The van der Waals surface area contributed by atoms with E-state index < -0.39 is 0 Å². The van der Waals surface area contributed by atoms with Gasteiger partial charge in [-0.3, -0.25) is 0 Å². The number of hydrogen-bond donors (Lipinski definition) is 2. The fourth-order valence-corrected chi connectivity index (χ4v) is 2.36. The Morgan fingerprint density at radius 3 is 2.25 bits per heavy atom. The van der Waals surface area contributed by atoms with Gasteiger partial charge >= 0.3 is 0 Å². The van der Waals surface area contributed by atoms with E-state index in [9.17, 15) is 5.11 Å². The molecule has 0 bridgehead atoms. The van der Waals surface area contributed by atoms with Crippen molar-refractivity contribution in [1.29, 1.82) is 0 Å². The van der Waals surface area contributed by atoms with E-state index >= 15 is 0 Å². The van der Waals surface area contributed by atoms with Crippen LogP contribution in [-0.4, -0.2) is 11.7 Å². The molecule has 1 rings (SSSR count). The summed E-state index contributed by atoms with van der Waals surface area (Å²) in [6.07, 6.45) is 0.854. The van der Waals surface area contributed by atoms with Crippen LogP contribution < -0.4 is 5.73 Å². The van der Waals surface area contributed by atoms with Crippen molar-refractivity contribution in [1.82, 2.24) is 0 Å². The summed E-state index contributed by atoms with van der Waals surface area (Å²) >= 11 is 6.26. The van der Waals surface area contributed by atoms with Crippen molar-refractivity contribution in [2.45, 2.75) is 40.0 Å². The molecule has 0 aliphatic carbocycles. The molecule has 3 heteroatoms. The molecule has 1 atom stereocenters. The third kappa shape index (κ3) is 2.18. The normalized spacial score (nSPS) is 12.9. The van der Waals surface area contributed by atoms with Crippen LogP contribution in [-0.2, 0) is 0 Å². The molecule has 90 valence electrons. The Hall–Kier alpha value is -0.730. The average Bonchev–Trinajstić information content (AvgIpc) is 2.24. The van der Waals surface area contributed by atoms with Crippen molar-refractivity contribution in [3.05, 3.63) is 27.3 Å². The molecule has 0 aliphatic rings. The van der Waals surface area contributed by atoms with Crippen LogP contribution in [0.4, 0.5) is 0 Å². The van der Waals surface area contributed by atoms with Gasteiger partial charge in [-0.1, -0.05) is 18.5 Å². The molecular weight excluding hydrogens is 222 g/mol. The smallest absolute Gasteiger partial charge is 0.122 e. The first kappa shape index (κ1) is 13.3. The first-order valence-corrected chi connectivity index (χ1v) is 5.97. The number of rotatable bonds is 3. The SMILES string of the molecule is Cc1c(C)c(Cl)c(C)c(C(C)CCN)c1O. The summed E-state index contributed by atoms with van der Waals surface area (Å²) in [5.74, 6) is 0.613. The standard InChI is InChI=1S/C13H20ClNO/c1-7(5-6-15)11-10(4)12(14)8(2)9(3)13(11)16/h7,16H,5-6,15H2,1-4H3. The molecule has 3 N–H and O–H groups in total. The molecule has 2 nitrogen and oxygen atoms in total. The van der Waals surface area contributed by atoms with Crippen molar-refractivity contribution in [2.24, 2.45) is 5.73 Å². The number of benzene rings is 1. The van der Waals surface area contributed by atoms with Crippen LogP contribution in [0.5, 0.6) is 5.75 Å². The molecule has 0 spiro atoms. The van der Waals surface area contributed by atoms with Crippen LogP contribution in [0, 0.1) is 20.8 Å². The number of phenolic OH excluding ortho intramolecular Hbond substituents is 1. The predicted molar refractivity (Wildman–Crippen MR) is 69.4 cm³/mol. The number of phenols is 1. The summed E-state index contributed by atoms with van der Waals surface area (Å²) in [5, 5.41) is 10.9. The minimum absolute atomic E-state index is 0.238. The number of halogens is 1. The van der Waals surface area contributed by atoms with Gasteiger partial charge in [0.1, 0.15) is 5.75 Å². The Labute approximate surface area is 102 Å². The van der Waals surface area contributed by atoms with E-state index in [0.717, 1.165) is 33.7 Å². The van der Waals surface area contributed by atoms with Gasteiger partial charge in [0.05, 0.1) is 0 Å². The first-order chi connectivity index (χ1) is 7.41. The van der Waals surface area contributed by atoms with Gasteiger partial charge in [-0.05, 0) is 56.3 Å². The highest BCUT2D eigenvalue weighted by atomic mass is 35.5. The molecule has 0 aliphatic heterocycles. The van der Waals surface area contributed by atoms with Gasteiger partial charge in [0.25, 0.3) is 0 Å². The van der Waals surface area contributed by atoms with Gasteiger partial charge in [0.15, 0.2) is 0 Å². The summed E-state index contributed by atoms with van der Waals surface area (Å²) in [7, 11) is 0. The number of hydrogen-bond acceptors (Lipinski definition) is 2. The lowest BCUT2D eigenvalue weighted by Crippen LogP contribution is -2.07. The molecule has 0 amide bonds. The maximum atomic E-state index is 10.2. The molecule has 16 heavy (non-hydrogen) atoms. The van der Waals surface area contributed by atoms with Gasteiger partial charge in [-0.15, -0.1) is 0 Å². The molecule has 1 aromatic rings. The predicted octanol–water partition coefficient (Wildman–Crippen LogP) is 3.42. The van der Waals surface area contributed by atoms with E-state index in [1.807, 2.05) is 20.8 Å². The van der Waals surface area contributed by atoms with Gasteiger partial charge in [-0.25, -0.2) is 0 Å². The Balaban J connectivity index is 3.39. The second-order valence-corrected chi connectivity index (χ2v) is 4.81. The summed E-state index contributed by atoms with van der Waals surface area (Å²) < 4.78 is 0. The second-order valence-electron chi connectivity index (χ2n) is 4.43. The van der Waals surface area contributed by atoms with E-state index in [1.165, 1.54) is 0 Å². The van der Waals surface area contributed by atoms with Gasteiger partial charge in [0.2, 0.25) is 0 Å². The molecule has 0 aromatic heterocycles. The maximum Gasteiger partial charge on any atom is 0.122 e. The number of aromatic hydroxyl groups is 1. The first-order valence-electron chi connectivity index (χ1n) is 5.60. The molecule has 0 heterocycles. The van der Waals surface area contributed by atoms with Crippen molar-refractivity contribution in [3.63, 3.8) is 0 Å². The summed E-state index contributed by atoms with van der Waals surface area (Å²) in [5.41, 5.74) is 9.31. The average molecular weight is 242 g/mol. The molecule has 1 aromatic carbocycles. The molecule has 0 saturated heterocycles. The Bertz CT molecular complexity index is 372. The van der Waals surface area contributed by atoms with E-state index in [0.29, 0.717) is 12.3 Å². The molecule has 1 unspecified atom stereocenters. The molecule has 0 fully saturated rings. The molecule has 0 radical (unpaired) electrons. The maximum absolute atomic E-state index is 10.2. The molecular formula is C13H20ClNO. The van der Waals surface area contributed by atoms with Crippen molar-refractivity contribution in [2.75, 3.05) is 6.54 Å². The monoisotopic (exact) mass is 241 g/mol. The minimum atomic E-state index is 0.238. The summed E-state index contributed by atoms with van der Waals surface area (Å²) in [6.45, 7) is 8.47. The topological polar surface area (TPSA) is 46.2 Å². The zero-order valence-corrected chi connectivity index (χ0v) is 11.2. The van der Waals surface area contributed by atoms with Gasteiger partial charge < -0.3 is 10.8 Å². The zero-order chi connectivity index (χ0) is 12.5. The van der Waals surface area contributed by atoms with Gasteiger partial charge in [-0.2, -0.15) is 0 Å². The number of nitrogens with two attached hydrogens (primary N) is 1. The van der Waals surface area contributed by atoms with E-state index in [4.69, 9.17) is 17.3 Å². The lowest BCUT2D eigenvalue weighted by atomic mass is 9.89. The highest BCUT2D eigenvalue weighted by Crippen LogP contribution is 2.39. The minimum Gasteiger partial charge on any atom is -0.507 e.